The van der Waals surface area contributed by atoms with E-state index in [1.807, 2.05) is 75.4 Å². The zero-order chi connectivity index (χ0) is 22.3. The van der Waals surface area contributed by atoms with Crippen molar-refractivity contribution in [3.63, 3.8) is 0 Å². The van der Waals surface area contributed by atoms with E-state index in [4.69, 9.17) is 14.2 Å². The molecule has 0 aliphatic carbocycles. The third-order valence-corrected chi connectivity index (χ3v) is 4.28. The van der Waals surface area contributed by atoms with Crippen molar-refractivity contribution in [3.8, 4) is 16.9 Å². The van der Waals surface area contributed by atoms with Crippen LogP contribution in [0.2, 0.25) is 0 Å². The second-order valence-corrected chi connectivity index (χ2v) is 8.04. The lowest BCUT2D eigenvalue weighted by Crippen LogP contribution is -2.27. The lowest BCUT2D eigenvalue weighted by atomic mass is 10.0. The Hall–Kier alpha value is -3.60. The SMILES string of the molecule is CC(C)(C)OC(=O)COc1ccc(-c2cccc(C(=O)OCc3ccccc3)c2)cc1. The molecular weight excluding hydrogens is 392 g/mol. The van der Waals surface area contributed by atoms with E-state index in [9.17, 15) is 9.59 Å². The van der Waals surface area contributed by atoms with Crippen LogP contribution in [0.1, 0.15) is 36.7 Å². The van der Waals surface area contributed by atoms with Crippen LogP contribution < -0.4 is 4.74 Å². The Bertz CT molecular complexity index is 1020. The topological polar surface area (TPSA) is 61.8 Å². The Labute approximate surface area is 182 Å². The molecule has 3 aromatic carbocycles. The minimum Gasteiger partial charge on any atom is -0.482 e. The molecule has 0 saturated carbocycles. The molecule has 3 aromatic rings. The molecule has 160 valence electrons. The maximum Gasteiger partial charge on any atom is 0.344 e. The summed E-state index contributed by atoms with van der Waals surface area (Å²) in [5.74, 6) is -0.227. The second-order valence-electron chi connectivity index (χ2n) is 8.04. The van der Waals surface area contributed by atoms with Crippen molar-refractivity contribution >= 4 is 11.9 Å². The van der Waals surface area contributed by atoms with Gasteiger partial charge in [-0.05, 0) is 61.7 Å². The maximum absolute atomic E-state index is 12.4. The molecule has 0 heterocycles. The van der Waals surface area contributed by atoms with Gasteiger partial charge in [0.1, 0.15) is 18.0 Å². The fourth-order valence-corrected chi connectivity index (χ4v) is 2.89. The summed E-state index contributed by atoms with van der Waals surface area (Å²) >= 11 is 0. The number of carbonyl (C=O) groups is 2. The molecule has 0 aromatic heterocycles. The molecule has 0 saturated heterocycles. The fourth-order valence-electron chi connectivity index (χ4n) is 2.89. The Morgan fingerprint density at radius 3 is 2.19 bits per heavy atom. The average Bonchev–Trinajstić information content (AvgIpc) is 2.76. The Kier molecular flexibility index (Phi) is 7.08. The van der Waals surface area contributed by atoms with Gasteiger partial charge in [0.25, 0.3) is 0 Å². The molecule has 0 fully saturated rings. The van der Waals surface area contributed by atoms with E-state index in [-0.39, 0.29) is 19.2 Å². The molecule has 0 amide bonds. The molecule has 0 aliphatic heterocycles. The van der Waals surface area contributed by atoms with Crippen LogP contribution in [-0.2, 0) is 20.9 Å². The van der Waals surface area contributed by atoms with Gasteiger partial charge in [0.15, 0.2) is 6.61 Å². The molecule has 0 atom stereocenters. The van der Waals surface area contributed by atoms with Gasteiger partial charge in [0, 0.05) is 0 Å². The summed E-state index contributed by atoms with van der Waals surface area (Å²) in [6.45, 7) is 5.51. The molecule has 31 heavy (non-hydrogen) atoms. The van der Waals surface area contributed by atoms with Crippen LogP contribution in [0.3, 0.4) is 0 Å². The van der Waals surface area contributed by atoms with Crippen molar-refractivity contribution in [3.05, 3.63) is 90.0 Å². The van der Waals surface area contributed by atoms with Crippen molar-refractivity contribution in [2.45, 2.75) is 33.0 Å². The third kappa shape index (κ3) is 7.00. The number of hydrogen-bond donors (Lipinski definition) is 0. The zero-order valence-corrected chi connectivity index (χ0v) is 18.0. The predicted octanol–water partition coefficient (Wildman–Crippen LogP) is 5.43. The summed E-state index contributed by atoms with van der Waals surface area (Å²) in [4.78, 5) is 24.2. The van der Waals surface area contributed by atoms with Gasteiger partial charge in [-0.25, -0.2) is 9.59 Å². The maximum atomic E-state index is 12.4. The summed E-state index contributed by atoms with van der Waals surface area (Å²) in [6.07, 6.45) is 0. The molecule has 0 N–H and O–H groups in total. The van der Waals surface area contributed by atoms with Crippen LogP contribution in [0, 0.1) is 0 Å². The van der Waals surface area contributed by atoms with Gasteiger partial charge in [-0.15, -0.1) is 0 Å². The third-order valence-electron chi connectivity index (χ3n) is 4.28. The monoisotopic (exact) mass is 418 g/mol. The first-order chi connectivity index (χ1) is 14.8. The van der Waals surface area contributed by atoms with Crippen LogP contribution in [-0.4, -0.2) is 24.1 Å². The Morgan fingerprint density at radius 2 is 1.52 bits per heavy atom. The number of benzene rings is 3. The summed E-state index contributed by atoms with van der Waals surface area (Å²) in [5.41, 5.74) is 2.68. The highest BCUT2D eigenvalue weighted by atomic mass is 16.6. The van der Waals surface area contributed by atoms with Gasteiger partial charge < -0.3 is 14.2 Å². The number of rotatable bonds is 7. The minimum atomic E-state index is -0.544. The van der Waals surface area contributed by atoms with E-state index >= 15 is 0 Å². The highest BCUT2D eigenvalue weighted by Crippen LogP contribution is 2.24. The largest absolute Gasteiger partial charge is 0.482 e. The van der Waals surface area contributed by atoms with E-state index < -0.39 is 11.6 Å². The summed E-state index contributed by atoms with van der Waals surface area (Å²) in [5, 5.41) is 0. The minimum absolute atomic E-state index is 0.153. The van der Waals surface area contributed by atoms with Crippen molar-refractivity contribution in [1.82, 2.24) is 0 Å². The average molecular weight is 418 g/mol. The standard InChI is InChI=1S/C26H26O5/c1-26(2,3)31-24(27)18-29-23-14-12-20(13-15-23)21-10-7-11-22(16-21)25(28)30-17-19-8-5-4-6-9-19/h4-16H,17-18H2,1-3H3. The summed E-state index contributed by atoms with van der Waals surface area (Å²) in [7, 11) is 0. The van der Waals surface area contributed by atoms with E-state index in [2.05, 4.69) is 0 Å². The molecule has 0 spiro atoms. The normalized spacial score (nSPS) is 10.9. The van der Waals surface area contributed by atoms with Crippen LogP contribution in [0.25, 0.3) is 11.1 Å². The zero-order valence-electron chi connectivity index (χ0n) is 18.0. The molecule has 0 bridgehead atoms. The van der Waals surface area contributed by atoms with Crippen molar-refractivity contribution < 1.29 is 23.8 Å². The van der Waals surface area contributed by atoms with Crippen molar-refractivity contribution in [1.29, 1.82) is 0 Å². The molecule has 0 radical (unpaired) electrons. The molecule has 0 unspecified atom stereocenters. The van der Waals surface area contributed by atoms with Crippen molar-refractivity contribution in [2.24, 2.45) is 0 Å². The molecular formula is C26H26O5. The Morgan fingerprint density at radius 1 is 0.806 bits per heavy atom. The van der Waals surface area contributed by atoms with Gasteiger partial charge in [0.2, 0.25) is 0 Å². The van der Waals surface area contributed by atoms with Gasteiger partial charge in [0.05, 0.1) is 5.56 Å². The number of carbonyl (C=O) groups excluding carboxylic acids is 2. The van der Waals surface area contributed by atoms with Gasteiger partial charge in [-0.2, -0.15) is 0 Å². The first kappa shape index (κ1) is 22.1. The van der Waals surface area contributed by atoms with E-state index in [0.29, 0.717) is 11.3 Å². The smallest absolute Gasteiger partial charge is 0.344 e. The van der Waals surface area contributed by atoms with E-state index in [0.717, 1.165) is 16.7 Å². The van der Waals surface area contributed by atoms with Gasteiger partial charge in [-0.3, -0.25) is 0 Å². The lowest BCUT2D eigenvalue weighted by molar-refractivity contribution is -0.157. The molecule has 5 nitrogen and oxygen atoms in total. The highest BCUT2D eigenvalue weighted by molar-refractivity contribution is 5.91. The van der Waals surface area contributed by atoms with Crippen LogP contribution in [0.4, 0.5) is 0 Å². The molecule has 0 aliphatic rings. The van der Waals surface area contributed by atoms with Crippen LogP contribution in [0.5, 0.6) is 5.75 Å². The second kappa shape index (κ2) is 9.94. The molecule has 5 heteroatoms. The quantitative estimate of drug-likeness (QED) is 0.479. The first-order valence-electron chi connectivity index (χ1n) is 10.1. The van der Waals surface area contributed by atoms with Crippen LogP contribution in [0.15, 0.2) is 78.9 Å². The van der Waals surface area contributed by atoms with Crippen molar-refractivity contribution in [2.75, 3.05) is 6.61 Å². The first-order valence-corrected chi connectivity index (χ1v) is 10.1. The van der Waals surface area contributed by atoms with Gasteiger partial charge >= 0.3 is 11.9 Å². The highest BCUT2D eigenvalue weighted by Gasteiger charge is 2.16. The summed E-state index contributed by atoms with van der Waals surface area (Å²) < 4.78 is 16.1. The van der Waals surface area contributed by atoms with E-state index in [1.165, 1.54) is 0 Å². The van der Waals surface area contributed by atoms with Gasteiger partial charge in [-0.1, -0.05) is 54.6 Å². The van der Waals surface area contributed by atoms with E-state index in [1.54, 1.807) is 24.3 Å². The molecule has 3 rings (SSSR count). The predicted molar refractivity (Wildman–Crippen MR) is 119 cm³/mol. The van der Waals surface area contributed by atoms with Crippen LogP contribution >= 0.6 is 0 Å². The lowest BCUT2D eigenvalue weighted by Gasteiger charge is -2.19. The number of esters is 2. The number of ether oxygens (including phenoxy) is 3. The number of hydrogen-bond acceptors (Lipinski definition) is 5. The summed E-state index contributed by atoms with van der Waals surface area (Å²) in [6, 6.07) is 24.1. The fraction of sp³-hybridized carbons (Fsp3) is 0.231. The Balaban J connectivity index is 1.60.